The van der Waals surface area contributed by atoms with E-state index in [4.69, 9.17) is 10.2 Å². The van der Waals surface area contributed by atoms with E-state index < -0.39 is 18.1 Å². The molecule has 0 spiro atoms. The Hall–Kier alpha value is -2.08. The number of carbonyl (C=O) groups excluding carboxylic acids is 1. The smallest absolute Gasteiger partial charge is 0.334 e. The third-order valence-electron chi connectivity index (χ3n) is 3.42. The Morgan fingerprint density at radius 3 is 2.85 bits per heavy atom. The molecule has 0 aromatic heterocycles. The summed E-state index contributed by atoms with van der Waals surface area (Å²) in [6.07, 6.45) is 1.28. The second-order valence-electron chi connectivity index (χ2n) is 4.85. The SMILES string of the molecule is O=C(NC[C@H](O)C(=O)O)NC1CCCc2ccccc21. The molecule has 20 heavy (non-hydrogen) atoms. The molecular formula is C14H18N2O4. The van der Waals surface area contributed by atoms with E-state index >= 15 is 0 Å². The molecule has 6 nitrogen and oxygen atoms in total. The van der Waals surface area contributed by atoms with Crippen LogP contribution in [0.2, 0.25) is 0 Å². The molecule has 1 aliphatic rings. The Morgan fingerprint density at radius 2 is 2.10 bits per heavy atom. The number of nitrogens with one attached hydrogen (secondary N) is 2. The predicted molar refractivity (Wildman–Crippen MR) is 72.3 cm³/mol. The van der Waals surface area contributed by atoms with E-state index in [0.717, 1.165) is 24.8 Å². The molecule has 1 aliphatic carbocycles. The molecule has 0 fully saturated rings. The van der Waals surface area contributed by atoms with E-state index in [-0.39, 0.29) is 12.6 Å². The van der Waals surface area contributed by atoms with Gasteiger partial charge in [-0.05, 0) is 30.4 Å². The van der Waals surface area contributed by atoms with Crippen LogP contribution in [0.4, 0.5) is 4.79 Å². The highest BCUT2D eigenvalue weighted by Gasteiger charge is 2.22. The van der Waals surface area contributed by atoms with E-state index in [1.165, 1.54) is 5.56 Å². The van der Waals surface area contributed by atoms with E-state index in [0.29, 0.717) is 0 Å². The van der Waals surface area contributed by atoms with Crippen molar-refractivity contribution in [3.63, 3.8) is 0 Å². The van der Waals surface area contributed by atoms with Crippen molar-refractivity contribution in [3.05, 3.63) is 35.4 Å². The van der Waals surface area contributed by atoms with Crippen molar-refractivity contribution >= 4 is 12.0 Å². The summed E-state index contributed by atoms with van der Waals surface area (Å²) in [7, 11) is 0. The maximum atomic E-state index is 11.7. The average molecular weight is 278 g/mol. The molecule has 2 amide bonds. The number of urea groups is 1. The number of aliphatic hydroxyl groups excluding tert-OH is 1. The Morgan fingerprint density at radius 1 is 1.35 bits per heavy atom. The molecule has 4 N–H and O–H groups in total. The maximum Gasteiger partial charge on any atom is 0.334 e. The van der Waals surface area contributed by atoms with Gasteiger partial charge in [-0.3, -0.25) is 0 Å². The number of amides is 2. The zero-order chi connectivity index (χ0) is 14.5. The van der Waals surface area contributed by atoms with Crippen molar-refractivity contribution in [2.75, 3.05) is 6.54 Å². The van der Waals surface area contributed by atoms with Gasteiger partial charge in [0.05, 0.1) is 12.6 Å². The molecule has 0 saturated carbocycles. The first-order chi connectivity index (χ1) is 9.58. The summed E-state index contributed by atoms with van der Waals surface area (Å²) in [6, 6.07) is 7.42. The van der Waals surface area contributed by atoms with Crippen LogP contribution < -0.4 is 10.6 Å². The molecule has 2 atom stereocenters. The van der Waals surface area contributed by atoms with Crippen LogP contribution in [0.25, 0.3) is 0 Å². The van der Waals surface area contributed by atoms with Crippen LogP contribution >= 0.6 is 0 Å². The number of carbonyl (C=O) groups is 2. The first-order valence-electron chi connectivity index (χ1n) is 6.61. The molecular weight excluding hydrogens is 260 g/mol. The summed E-state index contributed by atoms with van der Waals surface area (Å²) in [6.45, 7) is -0.310. The Kier molecular flexibility index (Phi) is 4.57. The Labute approximate surface area is 116 Å². The van der Waals surface area contributed by atoms with Crippen molar-refractivity contribution in [1.29, 1.82) is 0 Å². The van der Waals surface area contributed by atoms with Crippen molar-refractivity contribution in [3.8, 4) is 0 Å². The van der Waals surface area contributed by atoms with Crippen molar-refractivity contribution < 1.29 is 19.8 Å². The first-order valence-corrected chi connectivity index (χ1v) is 6.61. The number of aliphatic carboxylic acids is 1. The van der Waals surface area contributed by atoms with Crippen molar-refractivity contribution in [2.24, 2.45) is 0 Å². The second-order valence-corrected chi connectivity index (χ2v) is 4.85. The van der Waals surface area contributed by atoms with Gasteiger partial charge in [-0.15, -0.1) is 0 Å². The minimum atomic E-state index is -1.58. The number of carboxylic acid groups (broad SMARTS) is 1. The summed E-state index contributed by atoms with van der Waals surface area (Å²) in [5.41, 5.74) is 2.34. The van der Waals surface area contributed by atoms with Crippen molar-refractivity contribution in [2.45, 2.75) is 31.4 Å². The molecule has 6 heteroatoms. The number of hydrogen-bond donors (Lipinski definition) is 4. The molecule has 1 aromatic carbocycles. The second kappa shape index (κ2) is 6.38. The van der Waals surface area contributed by atoms with Gasteiger partial charge in [0.2, 0.25) is 0 Å². The van der Waals surface area contributed by atoms with Crippen LogP contribution in [0, 0.1) is 0 Å². The van der Waals surface area contributed by atoms with Gasteiger partial charge >= 0.3 is 12.0 Å². The monoisotopic (exact) mass is 278 g/mol. The largest absolute Gasteiger partial charge is 0.479 e. The standard InChI is InChI=1S/C14H18N2O4/c17-12(13(18)19)8-15-14(20)16-11-7-3-5-9-4-1-2-6-10(9)11/h1-2,4,6,11-12,17H,3,5,7-8H2,(H,18,19)(H2,15,16,20)/t11?,12-/m0/s1. The predicted octanol–water partition coefficient (Wildman–Crippen LogP) is 0.809. The maximum absolute atomic E-state index is 11.7. The summed E-state index contributed by atoms with van der Waals surface area (Å²) >= 11 is 0. The molecule has 0 bridgehead atoms. The summed E-state index contributed by atoms with van der Waals surface area (Å²) in [5, 5.41) is 22.8. The minimum Gasteiger partial charge on any atom is -0.479 e. The van der Waals surface area contributed by atoms with E-state index in [9.17, 15) is 9.59 Å². The van der Waals surface area contributed by atoms with E-state index in [2.05, 4.69) is 16.7 Å². The van der Waals surface area contributed by atoms with Gasteiger partial charge in [0.1, 0.15) is 0 Å². The van der Waals surface area contributed by atoms with E-state index in [1.807, 2.05) is 18.2 Å². The molecule has 2 rings (SSSR count). The minimum absolute atomic E-state index is 0.0677. The number of fused-ring (bicyclic) bond motifs is 1. The molecule has 0 radical (unpaired) electrons. The first kappa shape index (κ1) is 14.3. The van der Waals surface area contributed by atoms with Crippen LogP contribution in [0.3, 0.4) is 0 Å². The van der Waals surface area contributed by atoms with Crippen LogP contribution in [0.5, 0.6) is 0 Å². The van der Waals surface area contributed by atoms with Gasteiger partial charge < -0.3 is 20.8 Å². The molecule has 0 aliphatic heterocycles. The average Bonchev–Trinajstić information content (AvgIpc) is 2.45. The zero-order valence-corrected chi connectivity index (χ0v) is 11.0. The summed E-state index contributed by atoms with van der Waals surface area (Å²) in [5.74, 6) is -1.35. The number of aliphatic hydroxyl groups is 1. The highest BCUT2D eigenvalue weighted by Crippen LogP contribution is 2.29. The van der Waals surface area contributed by atoms with Gasteiger partial charge in [-0.2, -0.15) is 0 Å². The lowest BCUT2D eigenvalue weighted by atomic mass is 9.88. The lowest BCUT2D eigenvalue weighted by molar-refractivity contribution is -0.146. The number of hydrogen-bond acceptors (Lipinski definition) is 3. The number of benzene rings is 1. The number of carboxylic acids is 1. The molecule has 1 aromatic rings. The quantitative estimate of drug-likeness (QED) is 0.655. The van der Waals surface area contributed by atoms with Gasteiger partial charge in [0.15, 0.2) is 6.10 Å². The molecule has 0 heterocycles. The Bertz CT molecular complexity index is 504. The third kappa shape index (κ3) is 3.48. The van der Waals surface area contributed by atoms with Crippen LogP contribution in [0.1, 0.15) is 30.0 Å². The van der Waals surface area contributed by atoms with Gasteiger partial charge in [-0.1, -0.05) is 24.3 Å². The number of aryl methyl sites for hydroxylation is 1. The summed E-state index contributed by atoms with van der Waals surface area (Å²) in [4.78, 5) is 22.2. The third-order valence-corrected chi connectivity index (χ3v) is 3.42. The number of rotatable bonds is 4. The van der Waals surface area contributed by atoms with Gasteiger partial charge in [-0.25, -0.2) is 9.59 Å². The fourth-order valence-electron chi connectivity index (χ4n) is 2.39. The lowest BCUT2D eigenvalue weighted by Crippen LogP contribution is -2.43. The lowest BCUT2D eigenvalue weighted by Gasteiger charge is -2.26. The fraction of sp³-hybridized carbons (Fsp3) is 0.429. The van der Waals surface area contributed by atoms with Crippen LogP contribution in [-0.4, -0.2) is 34.9 Å². The molecule has 1 unspecified atom stereocenters. The van der Waals surface area contributed by atoms with E-state index in [1.54, 1.807) is 0 Å². The molecule has 108 valence electrons. The van der Waals surface area contributed by atoms with Gasteiger partial charge in [0.25, 0.3) is 0 Å². The Balaban J connectivity index is 1.91. The van der Waals surface area contributed by atoms with Crippen molar-refractivity contribution in [1.82, 2.24) is 10.6 Å². The normalized spacial score (nSPS) is 18.8. The van der Waals surface area contributed by atoms with Gasteiger partial charge in [0, 0.05) is 0 Å². The van der Waals surface area contributed by atoms with Crippen LogP contribution in [0.15, 0.2) is 24.3 Å². The highest BCUT2D eigenvalue weighted by molar-refractivity contribution is 5.77. The fourth-order valence-corrected chi connectivity index (χ4v) is 2.39. The topological polar surface area (TPSA) is 98.7 Å². The highest BCUT2D eigenvalue weighted by atomic mass is 16.4. The zero-order valence-electron chi connectivity index (χ0n) is 11.0. The van der Waals surface area contributed by atoms with Crippen LogP contribution in [-0.2, 0) is 11.2 Å². The molecule has 0 saturated heterocycles. The summed E-state index contributed by atoms with van der Waals surface area (Å²) < 4.78 is 0.